The number of halogens is 2. The molecular formula is C12H15BrClNO4S. The van der Waals surface area contributed by atoms with Crippen LogP contribution < -0.4 is 4.74 Å². The second-order valence-electron chi connectivity index (χ2n) is 3.79. The molecule has 0 fully saturated rings. The summed E-state index contributed by atoms with van der Waals surface area (Å²) in [4.78, 5) is -0.0605. The number of aliphatic hydroxyl groups is 1. The van der Waals surface area contributed by atoms with Crippen LogP contribution in [-0.2, 0) is 10.0 Å². The van der Waals surface area contributed by atoms with Crippen molar-refractivity contribution in [1.82, 2.24) is 4.31 Å². The summed E-state index contributed by atoms with van der Waals surface area (Å²) in [5, 5.41) is 9.27. The molecule has 5 nitrogen and oxygen atoms in total. The van der Waals surface area contributed by atoms with Gasteiger partial charge in [-0.3, -0.25) is 0 Å². The van der Waals surface area contributed by atoms with E-state index in [9.17, 15) is 8.42 Å². The summed E-state index contributed by atoms with van der Waals surface area (Å²) < 4.78 is 31.9. The van der Waals surface area contributed by atoms with Gasteiger partial charge in [0.05, 0.1) is 18.2 Å². The molecule has 0 bridgehead atoms. The summed E-state index contributed by atoms with van der Waals surface area (Å²) in [5.74, 6) is 0.168. The van der Waals surface area contributed by atoms with Crippen molar-refractivity contribution in [3.8, 4) is 5.75 Å². The number of aliphatic hydroxyl groups excluding tert-OH is 1. The van der Waals surface area contributed by atoms with Crippen molar-refractivity contribution < 1.29 is 18.3 Å². The number of hydrogen-bond donors (Lipinski definition) is 1. The standard InChI is InChI=1S/C12H15BrClNO4S/c1-3-4-15(5-6-16)20(17,18)11-8-9(14)7-10(13)12(11)19-2/h3,7-8,16H,1,4-6H2,2H3. The number of methoxy groups -OCH3 is 1. The van der Waals surface area contributed by atoms with E-state index in [1.54, 1.807) is 6.07 Å². The predicted octanol–water partition coefficient (Wildman–Crippen LogP) is 2.28. The van der Waals surface area contributed by atoms with E-state index in [4.69, 9.17) is 21.4 Å². The van der Waals surface area contributed by atoms with Gasteiger partial charge in [-0.2, -0.15) is 4.31 Å². The van der Waals surface area contributed by atoms with E-state index in [1.165, 1.54) is 19.3 Å². The monoisotopic (exact) mass is 383 g/mol. The van der Waals surface area contributed by atoms with Crippen molar-refractivity contribution in [2.45, 2.75) is 4.90 Å². The SMILES string of the molecule is C=CCN(CCO)S(=O)(=O)c1cc(Cl)cc(Br)c1OC. The van der Waals surface area contributed by atoms with Crippen LogP contribution in [-0.4, -0.2) is 44.6 Å². The van der Waals surface area contributed by atoms with Gasteiger partial charge in [-0.1, -0.05) is 17.7 Å². The van der Waals surface area contributed by atoms with Crippen molar-refractivity contribution >= 4 is 37.6 Å². The lowest BCUT2D eigenvalue weighted by molar-refractivity contribution is 0.260. The minimum atomic E-state index is -3.85. The molecule has 0 atom stereocenters. The Labute approximate surface area is 132 Å². The normalized spacial score (nSPS) is 11.7. The maximum atomic E-state index is 12.6. The molecule has 0 heterocycles. The van der Waals surface area contributed by atoms with Crippen molar-refractivity contribution in [3.63, 3.8) is 0 Å². The highest BCUT2D eigenvalue weighted by Gasteiger charge is 2.28. The zero-order valence-electron chi connectivity index (χ0n) is 10.8. The van der Waals surface area contributed by atoms with E-state index in [1.807, 2.05) is 0 Å². The van der Waals surface area contributed by atoms with Gasteiger partial charge in [0.25, 0.3) is 0 Å². The molecule has 0 spiro atoms. The topological polar surface area (TPSA) is 66.8 Å². The number of benzene rings is 1. The zero-order chi connectivity index (χ0) is 15.3. The molecule has 0 radical (unpaired) electrons. The van der Waals surface area contributed by atoms with E-state index < -0.39 is 10.0 Å². The number of sulfonamides is 1. The molecule has 0 aromatic heterocycles. The first-order valence-corrected chi connectivity index (χ1v) is 8.24. The smallest absolute Gasteiger partial charge is 0.247 e. The third-order valence-corrected chi connectivity index (χ3v) is 5.16. The number of nitrogens with zero attached hydrogens (tertiary/aromatic N) is 1. The molecular weight excluding hydrogens is 370 g/mol. The summed E-state index contributed by atoms with van der Waals surface area (Å²) in [6.07, 6.45) is 1.44. The minimum Gasteiger partial charge on any atom is -0.494 e. The van der Waals surface area contributed by atoms with Gasteiger partial charge < -0.3 is 9.84 Å². The second-order valence-corrected chi connectivity index (χ2v) is 6.99. The van der Waals surface area contributed by atoms with Crippen molar-refractivity contribution in [2.75, 3.05) is 26.8 Å². The summed E-state index contributed by atoms with van der Waals surface area (Å²) in [7, 11) is -2.48. The van der Waals surface area contributed by atoms with Crippen LogP contribution >= 0.6 is 27.5 Å². The molecule has 0 amide bonds. The Morgan fingerprint density at radius 2 is 2.20 bits per heavy atom. The van der Waals surface area contributed by atoms with Crippen LogP contribution in [0.4, 0.5) is 0 Å². The molecule has 20 heavy (non-hydrogen) atoms. The Morgan fingerprint density at radius 3 is 2.70 bits per heavy atom. The molecule has 112 valence electrons. The van der Waals surface area contributed by atoms with Crippen molar-refractivity contribution in [1.29, 1.82) is 0 Å². The quantitative estimate of drug-likeness (QED) is 0.732. The minimum absolute atomic E-state index is 0.0400. The van der Waals surface area contributed by atoms with Gasteiger partial charge in [0, 0.05) is 18.1 Å². The lowest BCUT2D eigenvalue weighted by atomic mass is 10.3. The Bertz CT molecular complexity index is 591. The maximum absolute atomic E-state index is 12.6. The molecule has 1 rings (SSSR count). The zero-order valence-corrected chi connectivity index (χ0v) is 14.0. The van der Waals surface area contributed by atoms with Gasteiger partial charge in [0.1, 0.15) is 4.90 Å². The van der Waals surface area contributed by atoms with Gasteiger partial charge in [-0.05, 0) is 28.1 Å². The molecule has 0 unspecified atom stereocenters. The van der Waals surface area contributed by atoms with E-state index in [0.717, 1.165) is 4.31 Å². The molecule has 0 saturated carbocycles. The largest absolute Gasteiger partial charge is 0.494 e. The first-order valence-electron chi connectivity index (χ1n) is 5.63. The first kappa shape index (κ1) is 17.5. The fourth-order valence-corrected chi connectivity index (χ4v) is 4.40. The summed E-state index contributed by atoms with van der Waals surface area (Å²) in [5.41, 5.74) is 0. The number of hydrogen-bond acceptors (Lipinski definition) is 4. The van der Waals surface area contributed by atoms with Gasteiger partial charge in [0.15, 0.2) is 5.75 Å². The van der Waals surface area contributed by atoms with Crippen LogP contribution in [0.15, 0.2) is 34.2 Å². The highest BCUT2D eigenvalue weighted by Crippen LogP contribution is 2.36. The summed E-state index contributed by atoms with van der Waals surface area (Å²) in [6.45, 7) is 3.26. The molecule has 0 aliphatic rings. The number of rotatable bonds is 7. The fraction of sp³-hybridized carbons (Fsp3) is 0.333. The second kappa shape index (κ2) is 7.42. The van der Waals surface area contributed by atoms with E-state index >= 15 is 0 Å². The van der Waals surface area contributed by atoms with E-state index in [-0.39, 0.29) is 35.4 Å². The van der Waals surface area contributed by atoms with Crippen LogP contribution in [0.1, 0.15) is 0 Å². The van der Waals surface area contributed by atoms with Crippen LogP contribution in [0.2, 0.25) is 5.02 Å². The Balaban J connectivity index is 3.43. The van der Waals surface area contributed by atoms with Gasteiger partial charge in [-0.25, -0.2) is 8.42 Å². The third kappa shape index (κ3) is 3.73. The molecule has 1 aromatic rings. The highest BCUT2D eigenvalue weighted by atomic mass is 79.9. The summed E-state index contributed by atoms with van der Waals surface area (Å²) in [6, 6.07) is 2.86. The molecule has 0 saturated heterocycles. The van der Waals surface area contributed by atoms with Crippen LogP contribution in [0.3, 0.4) is 0 Å². The predicted molar refractivity (Wildman–Crippen MR) is 81.7 cm³/mol. The van der Waals surface area contributed by atoms with Crippen LogP contribution in [0.5, 0.6) is 5.75 Å². The van der Waals surface area contributed by atoms with E-state index in [0.29, 0.717) is 4.47 Å². The first-order chi connectivity index (χ1) is 9.38. The Morgan fingerprint density at radius 1 is 1.55 bits per heavy atom. The number of ether oxygens (including phenoxy) is 1. The molecule has 1 N–H and O–H groups in total. The Hall–Kier alpha value is -0.600. The average molecular weight is 385 g/mol. The van der Waals surface area contributed by atoms with Gasteiger partial charge in [-0.15, -0.1) is 6.58 Å². The molecule has 0 aliphatic heterocycles. The van der Waals surface area contributed by atoms with Gasteiger partial charge >= 0.3 is 0 Å². The highest BCUT2D eigenvalue weighted by molar-refractivity contribution is 9.10. The van der Waals surface area contributed by atoms with E-state index in [2.05, 4.69) is 22.5 Å². The lowest BCUT2D eigenvalue weighted by Crippen LogP contribution is -2.34. The Kier molecular flexibility index (Phi) is 6.47. The molecule has 1 aromatic carbocycles. The molecule has 8 heteroatoms. The maximum Gasteiger partial charge on any atom is 0.247 e. The van der Waals surface area contributed by atoms with Crippen molar-refractivity contribution in [2.24, 2.45) is 0 Å². The average Bonchev–Trinajstić information content (AvgIpc) is 2.37. The summed E-state index contributed by atoms with van der Waals surface area (Å²) >= 11 is 9.12. The van der Waals surface area contributed by atoms with Crippen molar-refractivity contribution in [3.05, 3.63) is 34.3 Å². The third-order valence-electron chi connectivity index (χ3n) is 2.48. The van der Waals surface area contributed by atoms with Gasteiger partial charge in [0.2, 0.25) is 10.0 Å². The molecule has 0 aliphatic carbocycles. The lowest BCUT2D eigenvalue weighted by Gasteiger charge is -2.21. The van der Waals surface area contributed by atoms with Crippen LogP contribution in [0.25, 0.3) is 0 Å². The van der Waals surface area contributed by atoms with Crippen LogP contribution in [0, 0.1) is 0 Å². The fourth-order valence-electron chi connectivity index (χ4n) is 1.63.